The Morgan fingerprint density at radius 2 is 1.67 bits per heavy atom. The van der Waals surface area contributed by atoms with Crippen LogP contribution in [0.15, 0.2) is 30.3 Å². The molecule has 1 aromatic rings. The number of amides is 5. The van der Waals surface area contributed by atoms with Gasteiger partial charge in [-0.3, -0.25) is 24.2 Å². The van der Waals surface area contributed by atoms with Crippen molar-refractivity contribution in [3.05, 3.63) is 35.9 Å². The van der Waals surface area contributed by atoms with Gasteiger partial charge in [-0.15, -0.1) is 0 Å². The van der Waals surface area contributed by atoms with E-state index in [1.165, 1.54) is 0 Å². The maximum Gasteiger partial charge on any atom is 0.324 e. The first-order valence-electron chi connectivity index (χ1n) is 14.4. The molecule has 10 heteroatoms. The summed E-state index contributed by atoms with van der Waals surface area (Å²) in [6.07, 6.45) is 4.98. The minimum Gasteiger partial charge on any atom is -0.381 e. The molecular weight excluding hydrogens is 498 g/mol. The van der Waals surface area contributed by atoms with Crippen LogP contribution in [0.25, 0.3) is 0 Å². The van der Waals surface area contributed by atoms with Crippen LogP contribution in [0.4, 0.5) is 4.79 Å². The molecule has 1 aliphatic carbocycles. The first kappa shape index (κ1) is 29.0. The molecule has 0 unspecified atom stereocenters. The van der Waals surface area contributed by atoms with Gasteiger partial charge in [0.15, 0.2) is 0 Å². The van der Waals surface area contributed by atoms with E-state index >= 15 is 0 Å². The second-order valence-electron chi connectivity index (χ2n) is 11.1. The number of nitrogens with two attached hydrogens (primary N) is 1. The highest BCUT2D eigenvalue weighted by molar-refractivity contribution is 6.09. The third-order valence-corrected chi connectivity index (χ3v) is 8.49. The molecule has 3 fully saturated rings. The fraction of sp³-hybridized carbons (Fsp3) is 0.655. The van der Waals surface area contributed by atoms with Crippen LogP contribution < -0.4 is 11.1 Å². The van der Waals surface area contributed by atoms with Gasteiger partial charge >= 0.3 is 6.03 Å². The number of imide groups is 1. The maximum atomic E-state index is 13.6. The van der Waals surface area contributed by atoms with E-state index in [2.05, 4.69) is 10.2 Å². The summed E-state index contributed by atoms with van der Waals surface area (Å²) in [5, 5.41) is 2.76. The van der Waals surface area contributed by atoms with Crippen molar-refractivity contribution < 1.29 is 23.9 Å². The van der Waals surface area contributed by atoms with E-state index in [9.17, 15) is 19.2 Å². The Hall–Kier alpha value is -2.98. The van der Waals surface area contributed by atoms with E-state index in [-0.39, 0.29) is 25.4 Å². The SMILES string of the molecule is NC(=O)C1(C(=O)N(CCc2ccccc2)C(=O)NCCC(=O)N2CCN(CC3CCOCC3)CC2)CCCC1. The summed E-state index contributed by atoms with van der Waals surface area (Å²) in [5.41, 5.74) is 5.33. The Bertz CT molecular complexity index is 983. The summed E-state index contributed by atoms with van der Waals surface area (Å²) < 4.78 is 5.45. The normalized spacial score (nSPS) is 19.9. The van der Waals surface area contributed by atoms with Gasteiger partial charge in [0.05, 0.1) is 0 Å². The summed E-state index contributed by atoms with van der Waals surface area (Å²) in [6.45, 7) is 6.06. The number of primary amides is 1. The molecule has 4 rings (SSSR count). The van der Waals surface area contributed by atoms with Crippen molar-refractivity contribution in [1.29, 1.82) is 0 Å². The number of ether oxygens (including phenoxy) is 1. The van der Waals surface area contributed by atoms with Gasteiger partial charge in [-0.1, -0.05) is 43.2 Å². The summed E-state index contributed by atoms with van der Waals surface area (Å²) in [6, 6.07) is 8.99. The second-order valence-corrected chi connectivity index (χ2v) is 11.1. The monoisotopic (exact) mass is 541 g/mol. The molecule has 2 heterocycles. The highest BCUT2D eigenvalue weighted by Gasteiger charge is 2.49. The smallest absolute Gasteiger partial charge is 0.324 e. The Morgan fingerprint density at radius 1 is 1.00 bits per heavy atom. The first-order valence-corrected chi connectivity index (χ1v) is 14.4. The molecule has 1 aromatic carbocycles. The van der Waals surface area contributed by atoms with Crippen LogP contribution in [0.5, 0.6) is 0 Å². The van der Waals surface area contributed by atoms with Crippen LogP contribution in [0.1, 0.15) is 50.5 Å². The predicted molar refractivity (Wildman–Crippen MR) is 147 cm³/mol. The molecule has 3 N–H and O–H groups in total. The van der Waals surface area contributed by atoms with Crippen LogP contribution in [-0.4, -0.2) is 97.5 Å². The number of carbonyl (C=O) groups excluding carboxylic acids is 4. The zero-order valence-electron chi connectivity index (χ0n) is 22.9. The minimum absolute atomic E-state index is 0.00687. The van der Waals surface area contributed by atoms with E-state index in [0.717, 1.165) is 69.0 Å². The predicted octanol–water partition coefficient (Wildman–Crippen LogP) is 1.77. The number of nitrogens with zero attached hydrogens (tertiary/aromatic N) is 3. The highest BCUT2D eigenvalue weighted by Crippen LogP contribution is 2.39. The Morgan fingerprint density at radius 3 is 2.31 bits per heavy atom. The van der Waals surface area contributed by atoms with Crippen LogP contribution in [-0.2, 0) is 25.5 Å². The number of nitrogens with one attached hydrogen (secondary N) is 1. The molecule has 214 valence electrons. The van der Waals surface area contributed by atoms with E-state index in [4.69, 9.17) is 10.5 Å². The van der Waals surface area contributed by atoms with Gasteiger partial charge in [0.25, 0.3) is 0 Å². The lowest BCUT2D eigenvalue weighted by molar-refractivity contribution is -0.146. The number of benzene rings is 1. The zero-order chi connectivity index (χ0) is 27.7. The molecule has 0 radical (unpaired) electrons. The van der Waals surface area contributed by atoms with Gasteiger partial charge in [0.1, 0.15) is 5.41 Å². The van der Waals surface area contributed by atoms with Gasteiger partial charge in [-0.2, -0.15) is 0 Å². The number of hydrogen-bond donors (Lipinski definition) is 2. The van der Waals surface area contributed by atoms with Crippen molar-refractivity contribution in [3.63, 3.8) is 0 Å². The largest absolute Gasteiger partial charge is 0.381 e. The van der Waals surface area contributed by atoms with E-state index in [1.54, 1.807) is 0 Å². The van der Waals surface area contributed by atoms with Gasteiger partial charge < -0.3 is 20.7 Å². The van der Waals surface area contributed by atoms with E-state index in [1.807, 2.05) is 35.2 Å². The number of hydrogen-bond acceptors (Lipinski definition) is 6. The third kappa shape index (κ3) is 7.57. The summed E-state index contributed by atoms with van der Waals surface area (Å²) >= 11 is 0. The molecule has 1 saturated carbocycles. The standard InChI is InChI=1S/C29H43N5O5/c30-26(36)29(12-4-5-13-29)27(37)34(15-9-23-6-2-1-3-7-23)28(38)31-14-8-25(35)33-18-16-32(17-19-33)22-24-10-20-39-21-11-24/h1-3,6-7,24H,4-5,8-22H2,(H2,30,36)(H,31,38). The minimum atomic E-state index is -1.34. The fourth-order valence-electron chi connectivity index (χ4n) is 5.99. The summed E-state index contributed by atoms with van der Waals surface area (Å²) in [5.74, 6) is -0.546. The Balaban J connectivity index is 1.28. The van der Waals surface area contributed by atoms with E-state index in [0.29, 0.717) is 38.3 Å². The molecule has 2 aliphatic heterocycles. The molecule has 3 aliphatic rings. The molecule has 0 atom stereocenters. The second kappa shape index (κ2) is 13.9. The fourth-order valence-corrected chi connectivity index (χ4v) is 5.99. The van der Waals surface area contributed by atoms with Gasteiger partial charge in [0.2, 0.25) is 17.7 Å². The molecule has 0 aromatic heterocycles. The molecule has 2 saturated heterocycles. The van der Waals surface area contributed by atoms with Crippen molar-refractivity contribution in [2.24, 2.45) is 17.1 Å². The lowest BCUT2D eigenvalue weighted by atomic mass is 9.83. The number of carbonyl (C=O) groups is 4. The lowest BCUT2D eigenvalue weighted by Gasteiger charge is -2.37. The highest BCUT2D eigenvalue weighted by atomic mass is 16.5. The van der Waals surface area contributed by atoms with Crippen LogP contribution >= 0.6 is 0 Å². The Kier molecular flexibility index (Phi) is 10.3. The third-order valence-electron chi connectivity index (χ3n) is 8.49. The average molecular weight is 542 g/mol. The topological polar surface area (TPSA) is 125 Å². The van der Waals surface area contributed by atoms with Crippen LogP contribution in [0, 0.1) is 11.3 Å². The molecule has 0 spiro atoms. The van der Waals surface area contributed by atoms with Crippen LogP contribution in [0.2, 0.25) is 0 Å². The van der Waals surface area contributed by atoms with Crippen LogP contribution in [0.3, 0.4) is 0 Å². The van der Waals surface area contributed by atoms with Crippen molar-refractivity contribution in [1.82, 2.24) is 20.0 Å². The van der Waals surface area contributed by atoms with Crippen molar-refractivity contribution >= 4 is 23.8 Å². The number of piperazine rings is 1. The van der Waals surface area contributed by atoms with E-state index < -0.39 is 23.3 Å². The Labute approximate surface area is 231 Å². The van der Waals surface area contributed by atoms with Gasteiger partial charge in [-0.05, 0) is 43.6 Å². The lowest BCUT2D eigenvalue weighted by Crippen LogP contribution is -2.55. The molecule has 10 nitrogen and oxygen atoms in total. The number of urea groups is 1. The molecule has 5 amide bonds. The molecular formula is C29H43N5O5. The van der Waals surface area contributed by atoms with Crippen molar-refractivity contribution in [2.75, 3.05) is 59.0 Å². The van der Waals surface area contributed by atoms with Crippen molar-refractivity contribution in [2.45, 2.75) is 51.4 Å². The average Bonchev–Trinajstić information content (AvgIpc) is 3.46. The maximum absolute atomic E-state index is 13.6. The van der Waals surface area contributed by atoms with Gasteiger partial charge in [0, 0.05) is 65.4 Å². The molecule has 0 bridgehead atoms. The molecule has 39 heavy (non-hydrogen) atoms. The number of rotatable bonds is 10. The van der Waals surface area contributed by atoms with Gasteiger partial charge in [-0.25, -0.2) is 4.79 Å². The summed E-state index contributed by atoms with van der Waals surface area (Å²) in [4.78, 5) is 57.4. The summed E-state index contributed by atoms with van der Waals surface area (Å²) in [7, 11) is 0. The quantitative estimate of drug-likeness (QED) is 0.435. The van der Waals surface area contributed by atoms with Crippen molar-refractivity contribution in [3.8, 4) is 0 Å². The first-order chi connectivity index (χ1) is 18.9. The zero-order valence-corrected chi connectivity index (χ0v) is 22.9.